The molecule has 0 N–H and O–H groups in total. The monoisotopic (exact) mass is 318 g/mol. The summed E-state index contributed by atoms with van der Waals surface area (Å²) in [4.78, 5) is 21.1. The van der Waals surface area contributed by atoms with Gasteiger partial charge in [-0.25, -0.2) is 0 Å². The maximum Gasteiger partial charge on any atom is 0.433 e. The van der Waals surface area contributed by atoms with Crippen molar-refractivity contribution >= 4 is 36.2 Å². The van der Waals surface area contributed by atoms with Crippen molar-refractivity contribution in [3.05, 3.63) is 28.0 Å². The summed E-state index contributed by atoms with van der Waals surface area (Å²) < 4.78 is 5.06. The van der Waals surface area contributed by atoms with Gasteiger partial charge in [-0.05, 0) is 6.07 Å². The van der Waals surface area contributed by atoms with Crippen molar-refractivity contribution in [2.75, 3.05) is 27.7 Å². The number of Topliss-reactive ketones (excluding diaryl/α,β-unsaturated/α-hetero) is 1. The minimum atomic E-state index is -0.761. The van der Waals surface area contributed by atoms with Crippen molar-refractivity contribution < 1.29 is 23.7 Å². The van der Waals surface area contributed by atoms with E-state index >= 15 is 0 Å². The lowest BCUT2D eigenvalue weighted by atomic mass is 10.3. The Bertz CT molecular complexity index is 573. The molecule has 1 aromatic rings. The summed E-state index contributed by atoms with van der Waals surface area (Å²) in [6, 6.07) is 2.21. The van der Waals surface area contributed by atoms with Crippen LogP contribution in [0, 0.1) is 10.1 Å². The first-order valence-corrected chi connectivity index (χ1v) is 5.55. The van der Waals surface area contributed by atoms with Gasteiger partial charge in [0.15, 0.2) is 5.76 Å². The highest BCUT2D eigenvalue weighted by Crippen LogP contribution is 2.15. The predicted octanol–water partition coefficient (Wildman–Crippen LogP) is 0.243. The summed E-state index contributed by atoms with van der Waals surface area (Å²) in [6.45, 7) is 0.137. The van der Waals surface area contributed by atoms with E-state index < -0.39 is 22.5 Å². The van der Waals surface area contributed by atoms with Crippen LogP contribution in [0.25, 0.3) is 0 Å². The molecule has 0 atom stereocenters. The fraction of sp³-hybridized carbons (Fsp3) is 0.364. The van der Waals surface area contributed by atoms with E-state index in [1.807, 2.05) is 21.1 Å². The van der Waals surface area contributed by atoms with Crippen molar-refractivity contribution in [3.8, 4) is 0 Å². The molecule has 0 radical (unpaired) electrons. The van der Waals surface area contributed by atoms with Crippen LogP contribution in [0.15, 0.2) is 26.8 Å². The lowest BCUT2D eigenvalue weighted by molar-refractivity contribution is -0.863. The first-order chi connectivity index (χ1) is 9.19. The van der Waals surface area contributed by atoms with E-state index in [4.69, 9.17) is 0 Å². The van der Waals surface area contributed by atoms with Gasteiger partial charge in [0.1, 0.15) is 17.7 Å². The molecule has 0 bridgehead atoms. The topological polar surface area (TPSA) is 121 Å². The molecular formula is C11H15ClN4O5. The first kappa shape index (κ1) is 18.7. The number of rotatable bonds is 6. The van der Waals surface area contributed by atoms with Gasteiger partial charge in [-0.3, -0.25) is 14.9 Å². The molecule has 21 heavy (non-hydrogen) atoms. The lowest BCUT2D eigenvalue weighted by Crippen LogP contribution is -2.43. The first-order valence-electron chi connectivity index (χ1n) is 5.55. The Kier molecular flexibility index (Phi) is 6.70. The molecular weight excluding hydrogens is 304 g/mol. The van der Waals surface area contributed by atoms with Gasteiger partial charge in [0, 0.05) is 5.90 Å². The highest BCUT2D eigenvalue weighted by atomic mass is 35.5. The molecule has 0 saturated carbocycles. The smallest absolute Gasteiger partial charge is 0.433 e. The highest BCUT2D eigenvalue weighted by Gasteiger charge is 2.15. The van der Waals surface area contributed by atoms with E-state index in [1.165, 1.54) is 0 Å². The van der Waals surface area contributed by atoms with Crippen LogP contribution in [0.3, 0.4) is 0 Å². The second-order valence-corrected chi connectivity index (χ2v) is 4.95. The number of furan rings is 1. The van der Waals surface area contributed by atoms with Crippen LogP contribution in [0.1, 0.15) is 10.6 Å². The molecule has 0 saturated heterocycles. The quantitative estimate of drug-likeness (QED) is 0.186. The zero-order valence-corrected chi connectivity index (χ0v) is 12.5. The lowest BCUT2D eigenvalue weighted by Gasteiger charge is -2.25. The Hall–Kier alpha value is -2.26. The number of nitrogens with zero attached hydrogens (tertiary/aromatic N) is 4. The summed E-state index contributed by atoms with van der Waals surface area (Å²) >= 11 is 0. The number of carbonyl (C=O) groups excluding carboxylic acids is 1. The summed E-state index contributed by atoms with van der Waals surface area (Å²) in [5, 5.41) is 28.4. The zero-order chi connectivity index (χ0) is 15.3. The Morgan fingerprint density at radius 2 is 2.05 bits per heavy atom. The van der Waals surface area contributed by atoms with Crippen molar-refractivity contribution in [3.63, 3.8) is 0 Å². The normalized spacial score (nSPS) is 12.2. The van der Waals surface area contributed by atoms with Crippen LogP contribution in [0.2, 0.25) is 0 Å². The third kappa shape index (κ3) is 6.63. The Morgan fingerprint density at radius 1 is 1.43 bits per heavy atom. The fourth-order valence-corrected chi connectivity index (χ4v) is 1.20. The zero-order valence-electron chi connectivity index (χ0n) is 11.7. The molecule has 116 valence electrons. The molecule has 1 rings (SSSR count). The van der Waals surface area contributed by atoms with E-state index in [2.05, 4.69) is 14.6 Å². The van der Waals surface area contributed by atoms with Crippen molar-refractivity contribution in [1.82, 2.24) is 0 Å². The Balaban J connectivity index is 0.00000400. The molecule has 1 heterocycles. The fourth-order valence-electron chi connectivity index (χ4n) is 1.20. The van der Waals surface area contributed by atoms with E-state index in [0.29, 0.717) is 4.48 Å². The molecule has 9 nitrogen and oxygen atoms in total. The van der Waals surface area contributed by atoms with Crippen molar-refractivity contribution in [2.24, 2.45) is 10.2 Å². The SMILES string of the molecule is C[N+](C)(C)CC([O-])=NN=CC(=O)c1ccc([N+](=O)[O-])o1.Cl. The molecule has 0 spiro atoms. The third-order valence-corrected chi connectivity index (χ3v) is 1.97. The second-order valence-electron chi connectivity index (χ2n) is 4.95. The number of halogens is 1. The van der Waals surface area contributed by atoms with Gasteiger partial charge < -0.3 is 14.0 Å². The molecule has 0 amide bonds. The minimum absolute atomic E-state index is 0. The largest absolute Gasteiger partial charge is 0.857 e. The number of likely N-dealkylation sites (N-methyl/N-ethyl adjacent to an activating group) is 1. The standard InChI is InChI=1S/C11H14N4O5.ClH/c1-15(2,3)7-10(17)13-12-6-8(16)9-4-5-11(20-9)14(18)19;/h4-6H,7H2,1-3H3;1H. The number of hydrogen-bond donors (Lipinski definition) is 0. The Labute approximate surface area is 126 Å². The van der Waals surface area contributed by atoms with Gasteiger partial charge in [-0.1, -0.05) is 0 Å². The average molecular weight is 319 g/mol. The number of hydrogen-bond acceptors (Lipinski definition) is 7. The van der Waals surface area contributed by atoms with Crippen LogP contribution in [-0.4, -0.2) is 55.0 Å². The molecule has 0 fully saturated rings. The Morgan fingerprint density at radius 3 is 2.52 bits per heavy atom. The summed E-state index contributed by atoms with van der Waals surface area (Å²) in [7, 11) is 5.43. The summed E-state index contributed by atoms with van der Waals surface area (Å²) in [5.41, 5.74) is 0. The maximum absolute atomic E-state index is 11.5. The predicted molar refractivity (Wildman–Crippen MR) is 75.8 cm³/mol. The van der Waals surface area contributed by atoms with Gasteiger partial charge >= 0.3 is 5.88 Å². The molecule has 1 aromatic heterocycles. The van der Waals surface area contributed by atoms with Crippen LogP contribution in [-0.2, 0) is 0 Å². The van der Waals surface area contributed by atoms with Crippen molar-refractivity contribution in [2.45, 2.75) is 0 Å². The number of carbonyl (C=O) groups is 1. The molecule has 0 unspecified atom stereocenters. The van der Waals surface area contributed by atoms with Crippen LogP contribution >= 0.6 is 12.4 Å². The highest BCUT2D eigenvalue weighted by molar-refractivity contribution is 6.34. The molecule has 0 aliphatic rings. The van der Waals surface area contributed by atoms with Crippen LogP contribution < -0.4 is 5.11 Å². The van der Waals surface area contributed by atoms with E-state index in [0.717, 1.165) is 18.3 Å². The summed E-state index contributed by atoms with van der Waals surface area (Å²) in [5.74, 6) is -1.97. The van der Waals surface area contributed by atoms with Gasteiger partial charge in [0.05, 0.1) is 27.2 Å². The van der Waals surface area contributed by atoms with Crippen LogP contribution in [0.5, 0.6) is 0 Å². The number of quaternary nitrogens is 1. The molecule has 0 aliphatic carbocycles. The van der Waals surface area contributed by atoms with Gasteiger partial charge in [-0.2, -0.15) is 10.2 Å². The van der Waals surface area contributed by atoms with Gasteiger partial charge in [-0.15, -0.1) is 12.4 Å². The average Bonchev–Trinajstić information content (AvgIpc) is 2.75. The van der Waals surface area contributed by atoms with Gasteiger partial charge in [0.2, 0.25) is 5.78 Å². The molecule has 0 aromatic carbocycles. The van der Waals surface area contributed by atoms with E-state index in [-0.39, 0.29) is 24.7 Å². The number of nitro groups is 1. The third-order valence-electron chi connectivity index (χ3n) is 1.97. The molecule has 10 heteroatoms. The maximum atomic E-state index is 11.5. The summed E-state index contributed by atoms with van der Waals surface area (Å²) in [6.07, 6.45) is 0.774. The van der Waals surface area contributed by atoms with Gasteiger partial charge in [0.25, 0.3) is 0 Å². The minimum Gasteiger partial charge on any atom is -0.857 e. The van der Waals surface area contributed by atoms with Crippen molar-refractivity contribution in [1.29, 1.82) is 0 Å². The van der Waals surface area contributed by atoms with Crippen LogP contribution in [0.4, 0.5) is 5.88 Å². The molecule has 0 aliphatic heterocycles. The number of ketones is 1. The van der Waals surface area contributed by atoms with E-state index in [1.54, 1.807) is 0 Å². The van der Waals surface area contributed by atoms with E-state index in [9.17, 15) is 20.0 Å². The second kappa shape index (κ2) is 7.50.